The topological polar surface area (TPSA) is 60.6 Å². The van der Waals surface area contributed by atoms with Gasteiger partial charge in [0.05, 0.1) is 23.7 Å². The van der Waals surface area contributed by atoms with Gasteiger partial charge in [-0.3, -0.25) is 4.68 Å². The van der Waals surface area contributed by atoms with Crippen molar-refractivity contribution >= 4 is 22.7 Å². The largest absolute Gasteiger partial charge is 0.334 e. The molecule has 0 saturated heterocycles. The number of hydrogen-bond donors (Lipinski definition) is 1. The number of nitrogens with one attached hydrogen (secondary N) is 1. The molecule has 0 aliphatic heterocycles. The highest BCUT2D eigenvalue weighted by molar-refractivity contribution is 5.78. The van der Waals surface area contributed by atoms with Crippen molar-refractivity contribution in [1.29, 1.82) is 0 Å². The minimum atomic E-state index is 0.0249. The predicted octanol–water partition coefficient (Wildman–Crippen LogP) is 2.74. The monoisotopic (exact) mass is 284 g/mol. The average Bonchev–Trinajstić information content (AvgIpc) is 2.95. The van der Waals surface area contributed by atoms with Gasteiger partial charge in [-0.2, -0.15) is 5.10 Å². The molecule has 0 atom stereocenters. The van der Waals surface area contributed by atoms with Crippen molar-refractivity contribution in [3.8, 4) is 0 Å². The van der Waals surface area contributed by atoms with E-state index >= 15 is 0 Å². The number of nitrogens with zero attached hydrogens (tertiary/aromatic N) is 5. The average molecular weight is 284 g/mol. The number of hydrogen-bond acceptors (Lipinski definition) is 4. The van der Waals surface area contributed by atoms with Gasteiger partial charge in [-0.25, -0.2) is 9.97 Å². The quantitative estimate of drug-likeness (QED) is 0.786. The lowest BCUT2D eigenvalue weighted by molar-refractivity contribution is 0.553. The molecule has 6 nitrogen and oxygen atoms in total. The van der Waals surface area contributed by atoms with E-state index in [1.165, 1.54) is 0 Å². The van der Waals surface area contributed by atoms with E-state index in [0.29, 0.717) is 0 Å². The van der Waals surface area contributed by atoms with Gasteiger partial charge in [0.1, 0.15) is 17.2 Å². The van der Waals surface area contributed by atoms with Crippen LogP contribution in [0.1, 0.15) is 26.5 Å². The SMILES string of the molecule is Cn1nc(C(C)(C)C)cc1Nc1cc2c(cn1)ncn2C. The first-order valence-corrected chi connectivity index (χ1v) is 6.93. The lowest BCUT2D eigenvalue weighted by atomic mass is 9.92. The number of fused-ring (bicyclic) bond motifs is 1. The number of aryl methyl sites for hydroxylation is 2. The van der Waals surface area contributed by atoms with Crippen molar-refractivity contribution in [1.82, 2.24) is 24.3 Å². The molecule has 0 aromatic carbocycles. The predicted molar refractivity (Wildman–Crippen MR) is 83.7 cm³/mol. The molecule has 0 amide bonds. The number of aromatic nitrogens is 5. The Balaban J connectivity index is 1.94. The highest BCUT2D eigenvalue weighted by Gasteiger charge is 2.19. The summed E-state index contributed by atoms with van der Waals surface area (Å²) < 4.78 is 3.82. The second-order valence-electron chi connectivity index (χ2n) is 6.33. The fourth-order valence-corrected chi connectivity index (χ4v) is 2.18. The summed E-state index contributed by atoms with van der Waals surface area (Å²) in [5.74, 6) is 1.71. The highest BCUT2D eigenvalue weighted by atomic mass is 15.3. The van der Waals surface area contributed by atoms with Crippen LogP contribution >= 0.6 is 0 Å². The van der Waals surface area contributed by atoms with Crippen molar-refractivity contribution in [2.45, 2.75) is 26.2 Å². The highest BCUT2D eigenvalue weighted by Crippen LogP contribution is 2.25. The van der Waals surface area contributed by atoms with Gasteiger partial charge in [0.15, 0.2) is 0 Å². The maximum atomic E-state index is 4.56. The smallest absolute Gasteiger partial charge is 0.133 e. The van der Waals surface area contributed by atoms with Crippen LogP contribution in [0.4, 0.5) is 11.6 Å². The standard InChI is InChI=1S/C15H20N6/c1-15(2,3)12-7-14(21(5)19-12)18-13-6-11-10(8-16-13)17-9-20(11)4/h6-9H,1-5H3,(H,16,18). The van der Waals surface area contributed by atoms with Gasteiger partial charge < -0.3 is 9.88 Å². The Morgan fingerprint density at radius 1 is 1.10 bits per heavy atom. The zero-order valence-electron chi connectivity index (χ0n) is 13.0. The van der Waals surface area contributed by atoms with Gasteiger partial charge in [-0.15, -0.1) is 0 Å². The summed E-state index contributed by atoms with van der Waals surface area (Å²) in [6.07, 6.45) is 3.57. The summed E-state index contributed by atoms with van der Waals surface area (Å²) in [4.78, 5) is 8.68. The van der Waals surface area contributed by atoms with Crippen molar-refractivity contribution in [3.05, 3.63) is 30.4 Å². The zero-order chi connectivity index (χ0) is 15.2. The first kappa shape index (κ1) is 13.6. The van der Waals surface area contributed by atoms with E-state index in [9.17, 15) is 0 Å². The van der Waals surface area contributed by atoms with Crippen LogP contribution in [-0.2, 0) is 19.5 Å². The summed E-state index contributed by atoms with van der Waals surface area (Å²) in [6.45, 7) is 6.46. The molecule has 0 saturated carbocycles. The number of anilines is 2. The lowest BCUT2D eigenvalue weighted by Crippen LogP contribution is -2.12. The Morgan fingerprint density at radius 2 is 1.86 bits per heavy atom. The van der Waals surface area contributed by atoms with Crippen molar-refractivity contribution in [3.63, 3.8) is 0 Å². The number of imidazole rings is 1. The third-order valence-electron chi connectivity index (χ3n) is 3.52. The third kappa shape index (κ3) is 2.49. The van der Waals surface area contributed by atoms with Crippen LogP contribution in [-0.4, -0.2) is 24.3 Å². The fourth-order valence-electron chi connectivity index (χ4n) is 2.18. The van der Waals surface area contributed by atoms with Crippen LogP contribution in [0.15, 0.2) is 24.7 Å². The second-order valence-corrected chi connectivity index (χ2v) is 6.33. The van der Waals surface area contributed by atoms with Crippen LogP contribution < -0.4 is 5.32 Å². The van der Waals surface area contributed by atoms with Gasteiger partial charge >= 0.3 is 0 Å². The molecule has 0 spiro atoms. The van der Waals surface area contributed by atoms with E-state index in [0.717, 1.165) is 28.4 Å². The van der Waals surface area contributed by atoms with E-state index in [-0.39, 0.29) is 5.41 Å². The third-order valence-corrected chi connectivity index (χ3v) is 3.52. The molecule has 1 N–H and O–H groups in total. The van der Waals surface area contributed by atoms with Crippen LogP contribution in [0.3, 0.4) is 0 Å². The van der Waals surface area contributed by atoms with Gasteiger partial charge in [0.25, 0.3) is 0 Å². The van der Waals surface area contributed by atoms with E-state index in [2.05, 4.69) is 47.2 Å². The summed E-state index contributed by atoms with van der Waals surface area (Å²) in [7, 11) is 3.90. The van der Waals surface area contributed by atoms with Crippen molar-refractivity contribution in [2.75, 3.05) is 5.32 Å². The summed E-state index contributed by atoms with van der Waals surface area (Å²) in [5, 5.41) is 7.88. The molecule has 3 aromatic rings. The second kappa shape index (κ2) is 4.58. The van der Waals surface area contributed by atoms with Crippen molar-refractivity contribution in [2.24, 2.45) is 14.1 Å². The molecule has 0 aliphatic rings. The van der Waals surface area contributed by atoms with Gasteiger partial charge in [-0.05, 0) is 0 Å². The minimum Gasteiger partial charge on any atom is -0.334 e. The molecule has 0 bridgehead atoms. The van der Waals surface area contributed by atoms with Crippen LogP contribution in [0.5, 0.6) is 0 Å². The molecule has 6 heteroatoms. The molecule has 21 heavy (non-hydrogen) atoms. The fraction of sp³-hybridized carbons (Fsp3) is 0.400. The first-order valence-electron chi connectivity index (χ1n) is 6.93. The molecule has 0 unspecified atom stereocenters. The molecule has 0 radical (unpaired) electrons. The van der Waals surface area contributed by atoms with Gasteiger partial charge in [0.2, 0.25) is 0 Å². The van der Waals surface area contributed by atoms with Gasteiger partial charge in [0, 0.05) is 31.6 Å². The first-order chi connectivity index (χ1) is 9.84. The number of rotatable bonds is 2. The molecule has 3 rings (SSSR count). The van der Waals surface area contributed by atoms with Crippen LogP contribution in [0.25, 0.3) is 11.0 Å². The van der Waals surface area contributed by atoms with E-state index in [1.807, 2.05) is 29.4 Å². The molecular weight excluding hydrogens is 264 g/mol. The van der Waals surface area contributed by atoms with E-state index < -0.39 is 0 Å². The molecule has 110 valence electrons. The zero-order valence-corrected chi connectivity index (χ0v) is 13.0. The lowest BCUT2D eigenvalue weighted by Gasteiger charge is -2.13. The Morgan fingerprint density at radius 3 is 2.52 bits per heavy atom. The summed E-state index contributed by atoms with van der Waals surface area (Å²) in [6, 6.07) is 4.06. The molecule has 0 fully saturated rings. The van der Waals surface area contributed by atoms with Gasteiger partial charge in [-0.1, -0.05) is 20.8 Å². The summed E-state index contributed by atoms with van der Waals surface area (Å²) in [5.41, 5.74) is 3.01. The normalized spacial score (nSPS) is 12.0. The summed E-state index contributed by atoms with van der Waals surface area (Å²) >= 11 is 0. The maximum Gasteiger partial charge on any atom is 0.133 e. The van der Waals surface area contributed by atoms with E-state index in [1.54, 1.807) is 12.5 Å². The maximum absolute atomic E-state index is 4.56. The molecule has 0 aliphatic carbocycles. The molecule has 3 heterocycles. The number of pyridine rings is 1. The van der Waals surface area contributed by atoms with Crippen LogP contribution in [0.2, 0.25) is 0 Å². The Hall–Kier alpha value is -2.37. The molecular formula is C15H20N6. The van der Waals surface area contributed by atoms with Crippen molar-refractivity contribution < 1.29 is 0 Å². The molecule has 3 aromatic heterocycles. The Kier molecular flexibility index (Phi) is 2.97. The Bertz CT molecular complexity index is 790. The Labute approximate surface area is 123 Å². The van der Waals surface area contributed by atoms with E-state index in [4.69, 9.17) is 0 Å². The minimum absolute atomic E-state index is 0.0249. The van der Waals surface area contributed by atoms with Crippen LogP contribution in [0, 0.1) is 0 Å².